The maximum Gasteiger partial charge on any atom is 0 e. The summed E-state index contributed by atoms with van der Waals surface area (Å²) in [6.07, 6.45) is 0. The fourth-order valence-electron chi connectivity index (χ4n) is 0.534. The van der Waals surface area contributed by atoms with Gasteiger partial charge < -0.3 is 0 Å². The van der Waals surface area contributed by atoms with Gasteiger partial charge in [-0.05, 0) is 6.92 Å². The van der Waals surface area contributed by atoms with Gasteiger partial charge in [-0.15, -0.1) is 0 Å². The first-order valence-corrected chi connectivity index (χ1v) is 2.41. The van der Waals surface area contributed by atoms with Gasteiger partial charge in [0.15, 0.2) is 0 Å². The summed E-state index contributed by atoms with van der Waals surface area (Å²) in [5.41, 5.74) is 1.32. The normalized spacial score (nSPS) is 7.62. The van der Waals surface area contributed by atoms with Crippen LogP contribution in [0.4, 0.5) is 0 Å². The van der Waals surface area contributed by atoms with Gasteiger partial charge in [-0.1, -0.05) is 35.9 Å². The van der Waals surface area contributed by atoms with Crippen molar-refractivity contribution in [3.8, 4) is 0 Å². The Balaban J connectivity index is 0.000000490. The Morgan fingerprint density at radius 2 is 1.50 bits per heavy atom. The molecule has 1 rings (SSSR count). The molecule has 0 nitrogen and oxygen atoms in total. The smallest absolute Gasteiger partial charge is 0 e. The van der Waals surface area contributed by atoms with Gasteiger partial charge in [0, 0.05) is 37.7 Å². The fourth-order valence-corrected chi connectivity index (χ4v) is 0.534. The predicted molar refractivity (Wildman–Crippen MR) is 36.9 cm³/mol. The molecule has 0 atom stereocenters. The van der Waals surface area contributed by atoms with E-state index in [0.29, 0.717) is 0 Å². The van der Waals surface area contributed by atoms with Gasteiger partial charge in [0.25, 0.3) is 0 Å². The van der Waals surface area contributed by atoms with Crippen molar-refractivity contribution in [2.45, 2.75) is 6.92 Å². The van der Waals surface area contributed by atoms with Gasteiger partial charge in [0.1, 0.15) is 0 Å². The zero-order chi connectivity index (χ0) is 5.11. The van der Waals surface area contributed by atoms with Crippen molar-refractivity contribution in [3.63, 3.8) is 0 Å². The van der Waals surface area contributed by atoms with Crippen LogP contribution in [0.15, 0.2) is 30.3 Å². The molecule has 0 aliphatic rings. The molecule has 0 aliphatic heterocycles. The van der Waals surface area contributed by atoms with E-state index < -0.39 is 0 Å². The monoisotopic (exact) mass is 132 g/mol. The second kappa shape index (κ2) is 4.37. The fraction of sp³-hybridized carbons (Fsp3) is 0.143. The summed E-state index contributed by atoms with van der Waals surface area (Å²) in [4.78, 5) is 0. The van der Waals surface area contributed by atoms with Gasteiger partial charge in [-0.2, -0.15) is 0 Å². The van der Waals surface area contributed by atoms with Gasteiger partial charge in [0.05, 0.1) is 0 Å². The molecule has 2 radical (unpaired) electrons. The first kappa shape index (κ1) is 8.48. The van der Waals surface area contributed by atoms with Crippen molar-refractivity contribution in [2.75, 3.05) is 0 Å². The van der Waals surface area contributed by atoms with Crippen LogP contribution >= 0.6 is 0 Å². The second-order valence-corrected chi connectivity index (χ2v) is 1.65. The molecule has 0 saturated carbocycles. The van der Waals surface area contributed by atoms with Crippen LogP contribution in [0.3, 0.4) is 0 Å². The third-order valence-corrected chi connectivity index (χ3v) is 0.940. The molecule has 38 valence electrons. The Morgan fingerprint density at radius 1 is 1.00 bits per heavy atom. The third kappa shape index (κ3) is 2.71. The molecule has 1 heteroatoms. The van der Waals surface area contributed by atoms with E-state index in [1.807, 2.05) is 18.2 Å². The number of hydrogen-bond acceptors (Lipinski definition) is 0. The zero-order valence-electron chi connectivity index (χ0n) is 5.09. The largest absolute Gasteiger partial charge is 0.0622 e. The van der Waals surface area contributed by atoms with Crippen molar-refractivity contribution >= 4 is 37.7 Å². The molecule has 0 aliphatic carbocycles. The summed E-state index contributed by atoms with van der Waals surface area (Å²) in [5.74, 6) is 0. The van der Waals surface area contributed by atoms with E-state index in [1.54, 1.807) is 0 Å². The summed E-state index contributed by atoms with van der Waals surface area (Å²) in [5, 5.41) is 0. The summed E-state index contributed by atoms with van der Waals surface area (Å²) < 4.78 is 0. The van der Waals surface area contributed by atoms with E-state index in [-0.39, 0.29) is 37.7 Å². The number of aryl methyl sites for hydroxylation is 1. The average Bonchev–Trinajstić information content (AvgIpc) is 1.69. The Hall–Kier alpha value is 0.480. The first-order valence-electron chi connectivity index (χ1n) is 2.41. The molecule has 0 spiro atoms. The van der Waals surface area contributed by atoms with Crippen LogP contribution in [0.1, 0.15) is 5.56 Å². The topological polar surface area (TPSA) is 0 Å². The van der Waals surface area contributed by atoms with Crippen LogP contribution in [0, 0.1) is 6.92 Å². The maximum atomic E-state index is 2.08. The summed E-state index contributed by atoms with van der Waals surface area (Å²) in [6, 6.07) is 10.3. The molecule has 1 aromatic carbocycles. The Morgan fingerprint density at radius 3 is 1.75 bits per heavy atom. The van der Waals surface area contributed by atoms with Crippen LogP contribution < -0.4 is 0 Å². The van der Waals surface area contributed by atoms with Crippen LogP contribution in [0.5, 0.6) is 0 Å². The van der Waals surface area contributed by atoms with Crippen LogP contribution in [0.25, 0.3) is 0 Å². The molecular formula is C7H8Ca. The number of hydrogen-bond donors (Lipinski definition) is 0. The SMILES string of the molecule is Cc1ccccc1.[Ca]. The molecule has 0 saturated heterocycles. The zero-order valence-corrected chi connectivity index (χ0v) is 7.30. The molecule has 0 unspecified atom stereocenters. The molecule has 8 heavy (non-hydrogen) atoms. The van der Waals surface area contributed by atoms with Crippen molar-refractivity contribution in [1.82, 2.24) is 0 Å². The molecule has 1 aromatic rings. The Bertz CT molecular complexity index is 134. The van der Waals surface area contributed by atoms with Crippen molar-refractivity contribution in [2.24, 2.45) is 0 Å². The van der Waals surface area contributed by atoms with Crippen LogP contribution in [-0.4, -0.2) is 37.7 Å². The quantitative estimate of drug-likeness (QED) is 0.470. The minimum Gasteiger partial charge on any atom is -0.0622 e. The van der Waals surface area contributed by atoms with Gasteiger partial charge >= 0.3 is 0 Å². The van der Waals surface area contributed by atoms with Gasteiger partial charge in [-0.25, -0.2) is 0 Å². The van der Waals surface area contributed by atoms with E-state index in [4.69, 9.17) is 0 Å². The van der Waals surface area contributed by atoms with Crippen LogP contribution in [-0.2, 0) is 0 Å². The van der Waals surface area contributed by atoms with Crippen molar-refractivity contribution in [3.05, 3.63) is 35.9 Å². The number of benzene rings is 1. The molecule has 0 aromatic heterocycles. The molecule has 0 fully saturated rings. The Labute approximate surface area is 79.9 Å². The van der Waals surface area contributed by atoms with Crippen molar-refractivity contribution < 1.29 is 0 Å². The minimum absolute atomic E-state index is 0. The standard InChI is InChI=1S/C7H8.Ca/c1-7-5-3-2-4-6-7;/h2-6H,1H3;. The second-order valence-electron chi connectivity index (χ2n) is 1.65. The van der Waals surface area contributed by atoms with E-state index in [9.17, 15) is 0 Å². The number of rotatable bonds is 0. The molecule has 0 amide bonds. The summed E-state index contributed by atoms with van der Waals surface area (Å²) in [6.45, 7) is 2.08. The first-order chi connectivity index (χ1) is 3.39. The molecule has 0 N–H and O–H groups in total. The molecule has 0 bridgehead atoms. The van der Waals surface area contributed by atoms with Crippen molar-refractivity contribution in [1.29, 1.82) is 0 Å². The predicted octanol–water partition coefficient (Wildman–Crippen LogP) is 1.61. The third-order valence-electron chi connectivity index (χ3n) is 0.940. The van der Waals surface area contributed by atoms with E-state index >= 15 is 0 Å². The summed E-state index contributed by atoms with van der Waals surface area (Å²) in [7, 11) is 0. The van der Waals surface area contributed by atoms with E-state index in [1.165, 1.54) is 5.56 Å². The molecule has 0 heterocycles. The van der Waals surface area contributed by atoms with E-state index in [2.05, 4.69) is 19.1 Å². The Kier molecular flexibility index (Phi) is 4.63. The average molecular weight is 132 g/mol. The van der Waals surface area contributed by atoms with E-state index in [0.717, 1.165) is 0 Å². The van der Waals surface area contributed by atoms with Crippen LogP contribution in [0.2, 0.25) is 0 Å². The van der Waals surface area contributed by atoms with Gasteiger partial charge in [0.2, 0.25) is 0 Å². The van der Waals surface area contributed by atoms with Gasteiger partial charge in [-0.3, -0.25) is 0 Å². The minimum atomic E-state index is 0. The summed E-state index contributed by atoms with van der Waals surface area (Å²) >= 11 is 0. The molecular weight excluding hydrogens is 124 g/mol. The maximum absolute atomic E-state index is 2.08.